The quantitative estimate of drug-likeness (QED) is 0.549. The summed E-state index contributed by atoms with van der Waals surface area (Å²) in [5.41, 5.74) is 0.939. The molecule has 1 rings (SSSR count). The molecule has 8 heavy (non-hydrogen) atoms. The van der Waals surface area contributed by atoms with Gasteiger partial charge in [0.1, 0.15) is 0 Å². The molecule has 0 saturated carbocycles. The number of aromatic nitrogens is 1. The lowest BCUT2D eigenvalue weighted by Crippen LogP contribution is -1.66. The highest BCUT2D eigenvalue weighted by Crippen LogP contribution is 2.21. The Balaban J connectivity index is 3.19. The second-order valence-corrected chi connectivity index (χ2v) is 2.99. The fraction of sp³-hybridized carbons (Fsp3) is 0.400. The molecule has 0 aliphatic rings. The molecule has 0 unspecified atom stereocenters. The minimum atomic E-state index is 0.815. The predicted molar refractivity (Wildman–Crippen MR) is 36.6 cm³/mol. The van der Waals surface area contributed by atoms with E-state index in [-0.39, 0.29) is 0 Å². The minimum Gasteiger partial charge on any atom is -0.196 e. The molecule has 1 nitrogen and oxygen atoms in total. The monoisotopic (exact) mass is 147 g/mol. The van der Waals surface area contributed by atoms with Crippen LogP contribution < -0.4 is 0 Å². The van der Waals surface area contributed by atoms with Gasteiger partial charge in [-0.2, -0.15) is 4.37 Å². The van der Waals surface area contributed by atoms with Gasteiger partial charge in [-0.15, -0.1) is 0 Å². The van der Waals surface area contributed by atoms with Crippen molar-refractivity contribution in [1.29, 1.82) is 0 Å². The highest BCUT2D eigenvalue weighted by molar-refractivity contribution is 7.06. The smallest absolute Gasteiger partial charge is 0.0772 e. The van der Waals surface area contributed by atoms with Crippen LogP contribution in [0.1, 0.15) is 10.6 Å². The molecule has 0 spiro atoms. The Hall–Kier alpha value is -0.0800. The largest absolute Gasteiger partial charge is 0.196 e. The zero-order valence-corrected chi connectivity index (χ0v) is 6.31. The molecule has 0 aliphatic carbocycles. The third-order valence-electron chi connectivity index (χ3n) is 0.946. The van der Waals surface area contributed by atoms with Crippen molar-refractivity contribution >= 4 is 23.1 Å². The third kappa shape index (κ3) is 0.858. The van der Waals surface area contributed by atoms with E-state index in [0.29, 0.717) is 0 Å². The topological polar surface area (TPSA) is 12.9 Å². The van der Waals surface area contributed by atoms with Gasteiger partial charge in [0.25, 0.3) is 0 Å². The summed E-state index contributed by atoms with van der Waals surface area (Å²) in [4.78, 5) is 1.10. The summed E-state index contributed by atoms with van der Waals surface area (Å²) in [6.45, 7) is 3.87. The molecule has 0 bridgehead atoms. The lowest BCUT2D eigenvalue weighted by molar-refractivity contribution is 1.34. The Morgan fingerprint density at radius 3 is 2.25 bits per heavy atom. The second-order valence-electron chi connectivity index (χ2n) is 1.64. The normalized spacial score (nSPS) is 9.88. The molecule has 1 aromatic heterocycles. The molecule has 0 saturated heterocycles. The fourth-order valence-corrected chi connectivity index (χ4v) is 1.26. The van der Waals surface area contributed by atoms with Crippen molar-refractivity contribution in [2.75, 3.05) is 0 Å². The van der Waals surface area contributed by atoms with Crippen molar-refractivity contribution in [2.45, 2.75) is 13.8 Å². The van der Waals surface area contributed by atoms with Gasteiger partial charge in [-0.25, -0.2) is 0 Å². The molecule has 0 amide bonds. The molecule has 1 aromatic rings. The van der Waals surface area contributed by atoms with E-state index in [9.17, 15) is 0 Å². The van der Waals surface area contributed by atoms with Crippen LogP contribution in [-0.4, -0.2) is 4.37 Å². The Kier molecular flexibility index (Phi) is 1.54. The number of rotatable bonds is 0. The van der Waals surface area contributed by atoms with Crippen molar-refractivity contribution in [2.24, 2.45) is 0 Å². The molecule has 0 atom stereocenters. The third-order valence-corrected chi connectivity index (χ3v) is 2.46. The van der Waals surface area contributed by atoms with Crippen molar-refractivity contribution < 1.29 is 0 Å². The average molecular weight is 148 g/mol. The first-order valence-electron chi connectivity index (χ1n) is 2.30. The molecule has 3 heteroatoms. The summed E-state index contributed by atoms with van der Waals surface area (Å²) in [5.74, 6) is 0. The zero-order chi connectivity index (χ0) is 6.15. The van der Waals surface area contributed by atoms with Gasteiger partial charge >= 0.3 is 0 Å². The summed E-state index contributed by atoms with van der Waals surface area (Å²) >= 11 is 7.19. The van der Waals surface area contributed by atoms with Crippen molar-refractivity contribution in [3.05, 3.63) is 15.6 Å². The molecule has 44 valence electrons. The Bertz CT molecular complexity index is 175. The fourth-order valence-electron chi connectivity index (χ4n) is 0.472. The van der Waals surface area contributed by atoms with Crippen LogP contribution in [0.25, 0.3) is 0 Å². The number of hydrogen-bond donors (Lipinski definition) is 0. The first kappa shape index (κ1) is 6.05. The predicted octanol–water partition coefficient (Wildman–Crippen LogP) is 2.41. The number of nitrogens with zero attached hydrogens (tertiary/aromatic N) is 1. The van der Waals surface area contributed by atoms with Gasteiger partial charge in [-0.3, -0.25) is 0 Å². The maximum atomic E-state index is 5.74. The lowest BCUT2D eigenvalue weighted by Gasteiger charge is -1.80. The lowest BCUT2D eigenvalue weighted by atomic mass is 10.4. The van der Waals surface area contributed by atoms with E-state index in [2.05, 4.69) is 4.37 Å². The number of halogens is 1. The van der Waals surface area contributed by atoms with Gasteiger partial charge in [-0.1, -0.05) is 11.6 Å². The van der Waals surface area contributed by atoms with E-state index in [0.717, 1.165) is 15.6 Å². The standard InChI is InChI=1S/C5H6ClNS/c1-3-5(6)4(2)8-7-3/h1-2H3. The van der Waals surface area contributed by atoms with Crippen molar-refractivity contribution in [3.8, 4) is 0 Å². The molecule has 0 fully saturated rings. The first-order valence-corrected chi connectivity index (χ1v) is 3.45. The highest BCUT2D eigenvalue weighted by atomic mass is 35.5. The summed E-state index contributed by atoms with van der Waals surface area (Å²) < 4.78 is 4.03. The molecular formula is C5H6ClNS. The molecule has 0 aliphatic heterocycles. The second kappa shape index (κ2) is 2.03. The number of hydrogen-bond acceptors (Lipinski definition) is 2. The maximum absolute atomic E-state index is 5.74. The molecule has 0 aromatic carbocycles. The van der Waals surface area contributed by atoms with Crippen molar-refractivity contribution in [1.82, 2.24) is 4.37 Å². The van der Waals surface area contributed by atoms with Gasteiger partial charge < -0.3 is 0 Å². The van der Waals surface area contributed by atoms with E-state index in [1.54, 1.807) is 0 Å². The van der Waals surface area contributed by atoms with Crippen LogP contribution in [0, 0.1) is 13.8 Å². The summed E-state index contributed by atoms with van der Waals surface area (Å²) in [7, 11) is 0. The molecule has 1 heterocycles. The van der Waals surface area contributed by atoms with E-state index in [4.69, 9.17) is 11.6 Å². The Morgan fingerprint density at radius 2 is 2.12 bits per heavy atom. The minimum absolute atomic E-state index is 0.815. The van der Waals surface area contributed by atoms with E-state index in [1.165, 1.54) is 11.5 Å². The van der Waals surface area contributed by atoms with Crippen LogP contribution in [0.5, 0.6) is 0 Å². The van der Waals surface area contributed by atoms with Crippen LogP contribution >= 0.6 is 23.1 Å². The van der Waals surface area contributed by atoms with Crippen molar-refractivity contribution in [3.63, 3.8) is 0 Å². The Morgan fingerprint density at radius 1 is 1.50 bits per heavy atom. The first-order chi connectivity index (χ1) is 3.72. The van der Waals surface area contributed by atoms with E-state index < -0.39 is 0 Å². The highest BCUT2D eigenvalue weighted by Gasteiger charge is 2.00. The van der Waals surface area contributed by atoms with Crippen LogP contribution in [0.4, 0.5) is 0 Å². The average Bonchev–Trinajstić information content (AvgIpc) is 1.98. The van der Waals surface area contributed by atoms with Gasteiger partial charge in [0, 0.05) is 4.88 Å². The van der Waals surface area contributed by atoms with Crippen LogP contribution in [0.2, 0.25) is 5.02 Å². The zero-order valence-electron chi connectivity index (χ0n) is 4.73. The molecule has 0 N–H and O–H groups in total. The molecular weight excluding hydrogens is 142 g/mol. The van der Waals surface area contributed by atoms with Gasteiger partial charge in [0.15, 0.2) is 0 Å². The van der Waals surface area contributed by atoms with Crippen LogP contribution in [0.3, 0.4) is 0 Å². The number of aryl methyl sites for hydroxylation is 2. The van der Waals surface area contributed by atoms with E-state index in [1.807, 2.05) is 13.8 Å². The van der Waals surface area contributed by atoms with Gasteiger partial charge in [-0.05, 0) is 25.4 Å². The van der Waals surface area contributed by atoms with Gasteiger partial charge in [0.05, 0.1) is 10.7 Å². The summed E-state index contributed by atoms with van der Waals surface area (Å²) in [6.07, 6.45) is 0. The Labute approximate surface area is 57.5 Å². The van der Waals surface area contributed by atoms with Crippen LogP contribution in [-0.2, 0) is 0 Å². The maximum Gasteiger partial charge on any atom is 0.0772 e. The van der Waals surface area contributed by atoms with Crippen LogP contribution in [0.15, 0.2) is 0 Å². The van der Waals surface area contributed by atoms with Gasteiger partial charge in [0.2, 0.25) is 0 Å². The summed E-state index contributed by atoms with van der Waals surface area (Å²) in [6, 6.07) is 0. The van der Waals surface area contributed by atoms with E-state index >= 15 is 0 Å². The molecule has 0 radical (unpaired) electrons. The summed E-state index contributed by atoms with van der Waals surface area (Å²) in [5, 5.41) is 0.815. The SMILES string of the molecule is Cc1nsc(C)c1Cl.